The maximum absolute atomic E-state index is 15.0. The number of rotatable bonds is 49. The Balaban J connectivity index is 0.686. The predicted molar refractivity (Wildman–Crippen MR) is 518 cm³/mol. The monoisotopic (exact) mass is 1910 g/mol. The van der Waals surface area contributed by atoms with Gasteiger partial charge in [0.05, 0.1) is 33.1 Å². The summed E-state index contributed by atoms with van der Waals surface area (Å²) in [5.74, 6) is -1.36. The number of benzene rings is 4. The molecule has 4 aromatic heterocycles. The van der Waals surface area contributed by atoms with E-state index in [4.69, 9.17) is 9.97 Å². The topological polar surface area (TPSA) is 450 Å². The van der Waals surface area contributed by atoms with E-state index in [1.165, 1.54) is 35.1 Å². The first-order valence-corrected chi connectivity index (χ1v) is 52.9. The molecule has 31 nitrogen and oxygen atoms in total. The number of aromatic nitrogens is 6. The first-order chi connectivity index (χ1) is 63.7. The third kappa shape index (κ3) is 27.2. The molecule has 1 aliphatic carbocycles. The number of nitrogens with one attached hydrogen (secondary N) is 5. The van der Waals surface area contributed by atoms with E-state index >= 15 is 8.42 Å². The number of hydrogen-bond acceptors (Lipinski definition) is 21. The molecule has 7 heterocycles. The van der Waals surface area contributed by atoms with Gasteiger partial charge in [-0.3, -0.25) is 42.6 Å². The minimum atomic E-state index is -4.61. The van der Waals surface area contributed by atoms with Crippen molar-refractivity contribution in [1.82, 2.24) is 55.5 Å². The summed E-state index contributed by atoms with van der Waals surface area (Å²) in [6, 6.07) is 19.5. The van der Waals surface area contributed by atoms with Crippen LogP contribution < -0.4 is 31.5 Å². The van der Waals surface area contributed by atoms with E-state index in [9.17, 15) is 68.0 Å². The largest absolute Gasteiger partial charge is 0.481 e. The SMILES string of the molecule is Cc1cnc([C@@H](CCCCCCc2nc3c(cc2CNC(=O)CCC(=O)NCCCC[C@H](NC(=O)CCCN(C)S(=O)(=O)c2cccc4c5c(ccc24)[N+](CCCS(=O)(=O)O)=C(C=CC=CC=C2N(CCS(=O)(=O)O)c4ccc6ccc(S(=O)(=O)O)cc6c4C2(C)C)C5(C)C)C(=O)NCc2cc4c(nc2CCCCCC[C@@H](C)c2cnc(C)nc2)NCCC4)CCCC3)CC(=O)O)nc1. The molecule has 0 spiro atoms. The number of carboxylic acids is 1. The molecule has 9 N–H and O–H groups in total. The highest BCUT2D eigenvalue weighted by atomic mass is 32.2. The molecule has 0 saturated heterocycles. The normalized spacial score (nSPS) is 15.8. The maximum Gasteiger partial charge on any atom is 0.304 e. The van der Waals surface area contributed by atoms with E-state index < -0.39 is 86.5 Å². The number of allylic oxidation sites excluding steroid dienone is 6. The number of pyridine rings is 2. The predicted octanol–water partition coefficient (Wildman–Crippen LogP) is 14.4. The molecule has 4 amide bonds. The van der Waals surface area contributed by atoms with Gasteiger partial charge in [-0.2, -0.15) is 29.8 Å². The molecular weight excluding hydrogens is 1790 g/mol. The average molecular weight is 1920 g/mol. The summed E-state index contributed by atoms with van der Waals surface area (Å²) in [5.41, 5.74) is 11.2. The van der Waals surface area contributed by atoms with Gasteiger partial charge in [-0.05, 0) is 234 Å². The quantitative estimate of drug-likeness (QED) is 0.00740. The second-order valence-corrected chi connectivity index (χ2v) is 43.6. The first kappa shape index (κ1) is 102. The Morgan fingerprint density at radius 1 is 0.619 bits per heavy atom. The Kier molecular flexibility index (Phi) is 35.0. The summed E-state index contributed by atoms with van der Waals surface area (Å²) in [4.78, 5) is 96.8. The van der Waals surface area contributed by atoms with Crippen LogP contribution in [0, 0.1) is 13.8 Å². The second kappa shape index (κ2) is 45.8. The third-order valence-electron chi connectivity index (χ3n) is 26.1. The molecular formula is C99H129N14O17S4+. The summed E-state index contributed by atoms with van der Waals surface area (Å²) >= 11 is 0. The summed E-state index contributed by atoms with van der Waals surface area (Å²) in [6.07, 6.45) is 33.2. The number of carbonyl (C=O) groups excluding carboxylic acids is 4. The number of fused-ring (bicyclic) bond motifs is 8. The molecule has 134 heavy (non-hydrogen) atoms. The van der Waals surface area contributed by atoms with Gasteiger partial charge in [0.25, 0.3) is 30.4 Å². The minimum Gasteiger partial charge on any atom is -0.481 e. The second-order valence-electron chi connectivity index (χ2n) is 37.0. The van der Waals surface area contributed by atoms with Gasteiger partial charge in [-0.15, -0.1) is 0 Å². The molecule has 12 rings (SSSR count). The number of nitrogens with zero attached hydrogens (tertiary/aromatic N) is 9. The van der Waals surface area contributed by atoms with Crippen molar-refractivity contribution in [3.63, 3.8) is 0 Å². The molecule has 3 atom stereocenters. The van der Waals surface area contributed by atoms with Gasteiger partial charge in [0, 0.05) is 160 Å². The number of hydrogen-bond donors (Lipinski definition) is 9. The van der Waals surface area contributed by atoms with Crippen molar-refractivity contribution in [2.45, 2.75) is 273 Å². The lowest BCUT2D eigenvalue weighted by Crippen LogP contribution is -2.46. The van der Waals surface area contributed by atoms with Crippen LogP contribution in [0.4, 0.5) is 17.2 Å². The zero-order valence-corrected chi connectivity index (χ0v) is 81.3. The number of anilines is 2. The van der Waals surface area contributed by atoms with Crippen LogP contribution in [0.1, 0.15) is 261 Å². The standard InChI is InChI=1S/C99H128N14O17S4/c1-66-60-105-95(106-61-66)72(58-92(117)118)30-15-10-12-16-33-81-73(56-70-29-20-21-35-80(70)108-81)62-104-90(115)48-47-89(114)100-49-23-22-36-83(97(119)107-63-74-57-71-31-25-50-101-96(71)110-82(74)34-17-11-9-14-28-67(2)75-64-102-68(3)103-65-75)109-91(116)40-26-51-111(8)133(126,127)86-37-24-32-78-77(86)44-46-85-93(78)98(4,5)87(112(85)52-27-54-131(120,121)122)38-18-13-19-39-88-99(6,7)94-79-59-76(134(128,129)130)43-41-69(79)42-45-84(94)113(88)53-55-132(123,124)125/h13,18-19,24,32,37-39,41-46,56-57,59-61,64-65,67,72,83H,9-12,14-17,20-23,25-31,33-36,40,47-55,58,62-63H2,1-8H3,(H8-,100,101,104,107,109,110,114,115,116,117,118,119,120,121,122,123,124,125,128,129,130)/p+1/t67-,72+,83+/m1/s1. The van der Waals surface area contributed by atoms with Crippen molar-refractivity contribution in [3.8, 4) is 0 Å². The van der Waals surface area contributed by atoms with Crippen LogP contribution in [0.3, 0.4) is 0 Å². The number of unbranched alkanes of at least 4 members (excludes halogenated alkanes) is 7. The number of amides is 4. The van der Waals surface area contributed by atoms with Gasteiger partial charge in [-0.1, -0.05) is 108 Å². The van der Waals surface area contributed by atoms with Crippen LogP contribution in [-0.2, 0) is 120 Å². The van der Waals surface area contributed by atoms with Crippen LogP contribution in [0.2, 0.25) is 0 Å². The Hall–Kier alpha value is -10.7. The lowest BCUT2D eigenvalue weighted by molar-refractivity contribution is -0.437. The molecule has 4 aliphatic rings. The van der Waals surface area contributed by atoms with Gasteiger partial charge in [-0.25, -0.2) is 37.6 Å². The Labute approximate surface area is 787 Å². The van der Waals surface area contributed by atoms with Crippen LogP contribution >= 0.6 is 0 Å². The fourth-order valence-electron chi connectivity index (χ4n) is 18.9. The molecule has 0 saturated carbocycles. The number of carbonyl (C=O) groups is 5. The third-order valence-corrected chi connectivity index (χ3v) is 30.4. The van der Waals surface area contributed by atoms with Gasteiger partial charge in [0.1, 0.15) is 30.1 Å². The summed E-state index contributed by atoms with van der Waals surface area (Å²) in [7, 11) is -16.3. The lowest BCUT2D eigenvalue weighted by Gasteiger charge is -2.26. The number of aryl methyl sites for hydroxylation is 7. The molecule has 8 aromatic rings. The molecule has 3 aliphatic heterocycles. The summed E-state index contributed by atoms with van der Waals surface area (Å²) in [6.45, 7) is 15.0. The molecule has 35 heteroatoms. The van der Waals surface area contributed by atoms with E-state index in [0.29, 0.717) is 87.3 Å². The molecule has 0 bridgehead atoms. The first-order valence-electron chi connectivity index (χ1n) is 46.8. The fraction of sp³-hybridized carbons (Fsp3) is 0.495. The number of carboxylic acid groups (broad SMARTS) is 1. The van der Waals surface area contributed by atoms with Crippen molar-refractivity contribution in [2.75, 3.05) is 61.5 Å². The van der Waals surface area contributed by atoms with Crippen LogP contribution in [0.15, 0.2) is 143 Å². The highest BCUT2D eigenvalue weighted by Gasteiger charge is 2.47. The van der Waals surface area contributed by atoms with Crippen molar-refractivity contribution in [3.05, 3.63) is 207 Å². The molecule has 0 fully saturated rings. The van der Waals surface area contributed by atoms with Crippen molar-refractivity contribution in [1.29, 1.82) is 0 Å². The fourth-order valence-corrected chi connectivity index (χ4v) is 21.7. The molecule has 0 unspecified atom stereocenters. The van der Waals surface area contributed by atoms with Crippen LogP contribution in [0.25, 0.3) is 21.5 Å². The van der Waals surface area contributed by atoms with E-state index in [1.807, 2.05) is 70.7 Å². The number of sulfonamides is 1. The zero-order chi connectivity index (χ0) is 96.3. The van der Waals surface area contributed by atoms with E-state index in [0.717, 1.165) is 171 Å². The average Bonchev–Trinajstić information content (AvgIpc) is 1.56. The van der Waals surface area contributed by atoms with Crippen molar-refractivity contribution >= 4 is 114 Å². The highest BCUT2D eigenvalue weighted by molar-refractivity contribution is 7.89. The zero-order valence-electron chi connectivity index (χ0n) is 78.1. The Bertz CT molecular complexity index is 6250. The molecule has 4 aromatic carbocycles. The molecule has 0 radical (unpaired) electrons. The van der Waals surface area contributed by atoms with Crippen molar-refractivity contribution < 1.29 is 81.0 Å². The van der Waals surface area contributed by atoms with Crippen molar-refractivity contribution in [2.24, 2.45) is 0 Å². The lowest BCUT2D eigenvalue weighted by atomic mass is 9.79. The Morgan fingerprint density at radius 3 is 1.99 bits per heavy atom. The van der Waals surface area contributed by atoms with Gasteiger partial charge < -0.3 is 36.6 Å². The van der Waals surface area contributed by atoms with Crippen LogP contribution in [-0.4, -0.2) is 184 Å². The van der Waals surface area contributed by atoms with E-state index in [1.54, 1.807) is 78.0 Å². The minimum absolute atomic E-state index is 0.00603. The van der Waals surface area contributed by atoms with Gasteiger partial charge >= 0.3 is 5.97 Å². The summed E-state index contributed by atoms with van der Waals surface area (Å²) in [5, 5.41) is 27.3. The molecule has 720 valence electrons. The maximum atomic E-state index is 15.0. The highest BCUT2D eigenvalue weighted by Crippen LogP contribution is 2.52. The van der Waals surface area contributed by atoms with Crippen LogP contribution in [0.5, 0.6) is 0 Å². The number of aliphatic carboxylic acids is 1. The summed E-state index contributed by atoms with van der Waals surface area (Å²) < 4.78 is 137. The van der Waals surface area contributed by atoms with E-state index in [2.05, 4.69) is 65.6 Å². The van der Waals surface area contributed by atoms with Gasteiger partial charge in [0.2, 0.25) is 39.3 Å². The Morgan fingerprint density at radius 2 is 1.28 bits per heavy atom. The van der Waals surface area contributed by atoms with E-state index in [-0.39, 0.29) is 112 Å². The van der Waals surface area contributed by atoms with Gasteiger partial charge in [0.15, 0.2) is 5.71 Å². The smallest absolute Gasteiger partial charge is 0.304 e.